The number of nitrogens with one attached hydrogen (secondary N) is 1. The van der Waals surface area contributed by atoms with Gasteiger partial charge in [-0.25, -0.2) is 8.78 Å². The Morgan fingerprint density at radius 1 is 1.14 bits per heavy atom. The van der Waals surface area contributed by atoms with Crippen LogP contribution in [0.4, 0.5) is 14.5 Å². The van der Waals surface area contributed by atoms with Crippen LogP contribution in [0.1, 0.15) is 13.3 Å². The van der Waals surface area contributed by atoms with Crippen LogP contribution in [0.5, 0.6) is 11.5 Å². The molecular formula is C19H17F2NO5S. The fraction of sp³-hybridized carbons (Fsp3) is 0.263. The lowest BCUT2D eigenvalue weighted by Gasteiger charge is -2.13. The van der Waals surface area contributed by atoms with Gasteiger partial charge in [-0.2, -0.15) is 0 Å². The number of esters is 1. The van der Waals surface area contributed by atoms with Crippen LogP contribution in [0.3, 0.4) is 0 Å². The Bertz CT molecular complexity index is 893. The van der Waals surface area contributed by atoms with Crippen molar-refractivity contribution in [3.63, 3.8) is 0 Å². The Balaban J connectivity index is 1.43. The highest BCUT2D eigenvalue weighted by molar-refractivity contribution is 7.99. The van der Waals surface area contributed by atoms with Crippen LogP contribution in [0.25, 0.3) is 0 Å². The molecule has 2 aromatic carbocycles. The molecule has 6 nitrogen and oxygen atoms in total. The van der Waals surface area contributed by atoms with Crippen molar-refractivity contribution in [3.05, 3.63) is 48.0 Å². The van der Waals surface area contributed by atoms with E-state index < -0.39 is 29.6 Å². The molecule has 0 unspecified atom stereocenters. The summed E-state index contributed by atoms with van der Waals surface area (Å²) in [6, 6.07) is 8.46. The SMILES string of the molecule is C[C@H](OC(=O)CCSc1ccc(F)c(F)c1)C(=O)Nc1ccc2c(c1)OCO2. The molecule has 0 saturated heterocycles. The normalized spacial score (nSPS) is 13.1. The number of benzene rings is 2. The average molecular weight is 409 g/mol. The molecule has 1 aliphatic rings. The Hall–Kier alpha value is -2.81. The maximum atomic E-state index is 13.1. The molecule has 0 aliphatic carbocycles. The molecule has 3 rings (SSSR count). The molecule has 1 amide bonds. The number of carbonyl (C=O) groups is 2. The summed E-state index contributed by atoms with van der Waals surface area (Å²) in [6.45, 7) is 1.59. The molecule has 1 N–H and O–H groups in total. The average Bonchev–Trinajstić information content (AvgIpc) is 3.12. The summed E-state index contributed by atoms with van der Waals surface area (Å²) in [5, 5.41) is 2.64. The smallest absolute Gasteiger partial charge is 0.307 e. The number of hydrogen-bond acceptors (Lipinski definition) is 6. The number of halogens is 2. The van der Waals surface area contributed by atoms with Gasteiger partial charge in [0.25, 0.3) is 5.91 Å². The third-order valence-corrected chi connectivity index (χ3v) is 4.78. The maximum absolute atomic E-state index is 13.1. The third-order valence-electron chi connectivity index (χ3n) is 3.78. The van der Waals surface area contributed by atoms with Crippen LogP contribution in [-0.2, 0) is 14.3 Å². The summed E-state index contributed by atoms with van der Waals surface area (Å²) in [6.07, 6.45) is -0.975. The molecule has 1 aliphatic heterocycles. The molecule has 28 heavy (non-hydrogen) atoms. The number of anilines is 1. The highest BCUT2D eigenvalue weighted by Gasteiger charge is 2.19. The minimum absolute atomic E-state index is 0.0192. The Labute approximate surface area is 164 Å². The van der Waals surface area contributed by atoms with Gasteiger partial charge in [0, 0.05) is 22.4 Å². The number of ether oxygens (including phenoxy) is 3. The Morgan fingerprint density at radius 3 is 2.71 bits per heavy atom. The van der Waals surface area contributed by atoms with Crippen molar-refractivity contribution in [1.82, 2.24) is 0 Å². The van der Waals surface area contributed by atoms with Gasteiger partial charge in [0.15, 0.2) is 29.2 Å². The predicted molar refractivity (Wildman–Crippen MR) is 98.4 cm³/mol. The fourth-order valence-electron chi connectivity index (χ4n) is 2.35. The van der Waals surface area contributed by atoms with Gasteiger partial charge in [-0.05, 0) is 37.3 Å². The molecule has 1 atom stereocenters. The number of rotatable bonds is 7. The van der Waals surface area contributed by atoms with E-state index >= 15 is 0 Å². The second kappa shape index (κ2) is 8.92. The zero-order valence-electron chi connectivity index (χ0n) is 14.9. The number of fused-ring (bicyclic) bond motifs is 1. The zero-order valence-corrected chi connectivity index (χ0v) is 15.7. The minimum Gasteiger partial charge on any atom is -0.454 e. The van der Waals surface area contributed by atoms with Crippen molar-refractivity contribution in [2.75, 3.05) is 17.9 Å². The second-order valence-electron chi connectivity index (χ2n) is 5.86. The first-order valence-electron chi connectivity index (χ1n) is 8.40. The van der Waals surface area contributed by atoms with Crippen molar-refractivity contribution < 1.29 is 32.6 Å². The maximum Gasteiger partial charge on any atom is 0.307 e. The predicted octanol–water partition coefficient (Wildman–Crippen LogP) is 3.75. The van der Waals surface area contributed by atoms with Gasteiger partial charge < -0.3 is 19.5 Å². The summed E-state index contributed by atoms with van der Waals surface area (Å²) < 4.78 is 41.6. The fourth-order valence-corrected chi connectivity index (χ4v) is 3.20. The van der Waals surface area contributed by atoms with E-state index in [1.165, 1.54) is 24.8 Å². The Morgan fingerprint density at radius 2 is 1.93 bits per heavy atom. The molecule has 0 radical (unpaired) electrons. The molecular weight excluding hydrogens is 392 g/mol. The molecule has 148 valence electrons. The number of carbonyl (C=O) groups excluding carboxylic acids is 2. The first kappa shape index (κ1) is 19.9. The summed E-state index contributed by atoms with van der Waals surface area (Å²) in [4.78, 5) is 24.6. The number of thioether (sulfide) groups is 1. The van der Waals surface area contributed by atoms with E-state index in [2.05, 4.69) is 5.32 Å². The van der Waals surface area contributed by atoms with E-state index in [1.54, 1.807) is 18.2 Å². The van der Waals surface area contributed by atoms with Gasteiger partial charge >= 0.3 is 5.97 Å². The van der Waals surface area contributed by atoms with Crippen LogP contribution in [0, 0.1) is 11.6 Å². The molecule has 0 bridgehead atoms. The molecule has 2 aromatic rings. The van der Waals surface area contributed by atoms with Crippen molar-refractivity contribution >= 4 is 29.3 Å². The molecule has 1 heterocycles. The minimum atomic E-state index is -0.994. The Kier molecular flexibility index (Phi) is 6.35. The molecule has 0 aromatic heterocycles. The van der Waals surface area contributed by atoms with Gasteiger partial charge in [-0.15, -0.1) is 11.8 Å². The summed E-state index contributed by atoms with van der Waals surface area (Å²) >= 11 is 1.19. The largest absolute Gasteiger partial charge is 0.454 e. The quantitative estimate of drug-likeness (QED) is 0.555. The highest BCUT2D eigenvalue weighted by atomic mass is 32.2. The van der Waals surface area contributed by atoms with Crippen LogP contribution in [0.2, 0.25) is 0 Å². The van der Waals surface area contributed by atoms with E-state index in [1.807, 2.05) is 0 Å². The van der Waals surface area contributed by atoms with Crippen molar-refractivity contribution in [2.45, 2.75) is 24.3 Å². The van der Waals surface area contributed by atoms with Gasteiger partial charge in [0.05, 0.1) is 6.42 Å². The van der Waals surface area contributed by atoms with E-state index in [0.29, 0.717) is 27.8 Å². The van der Waals surface area contributed by atoms with Gasteiger partial charge in [0.1, 0.15) is 0 Å². The van der Waals surface area contributed by atoms with E-state index in [0.717, 1.165) is 12.1 Å². The topological polar surface area (TPSA) is 73.9 Å². The number of hydrogen-bond donors (Lipinski definition) is 1. The molecule has 0 fully saturated rings. The first-order chi connectivity index (χ1) is 13.4. The van der Waals surface area contributed by atoms with Crippen LogP contribution in [-0.4, -0.2) is 30.5 Å². The zero-order chi connectivity index (χ0) is 20.1. The van der Waals surface area contributed by atoms with Gasteiger partial charge in [-0.1, -0.05) is 0 Å². The van der Waals surface area contributed by atoms with Crippen molar-refractivity contribution in [2.24, 2.45) is 0 Å². The van der Waals surface area contributed by atoms with Crippen LogP contribution >= 0.6 is 11.8 Å². The molecule has 9 heteroatoms. The van der Waals surface area contributed by atoms with Crippen molar-refractivity contribution in [3.8, 4) is 11.5 Å². The van der Waals surface area contributed by atoms with Crippen LogP contribution in [0.15, 0.2) is 41.3 Å². The molecule has 0 saturated carbocycles. The lowest BCUT2D eigenvalue weighted by atomic mass is 10.2. The van der Waals surface area contributed by atoms with Gasteiger partial charge in [-0.3, -0.25) is 9.59 Å². The van der Waals surface area contributed by atoms with Crippen LogP contribution < -0.4 is 14.8 Å². The standard InChI is InChI=1S/C19H17F2NO5S/c1-11(19(24)22-12-2-5-16-17(8-12)26-10-25-16)27-18(23)6-7-28-13-3-4-14(20)15(21)9-13/h2-5,8-9,11H,6-7,10H2,1H3,(H,22,24)/t11-/m0/s1. The third kappa shape index (κ3) is 5.13. The number of amides is 1. The highest BCUT2D eigenvalue weighted by Crippen LogP contribution is 2.34. The van der Waals surface area contributed by atoms with E-state index in [-0.39, 0.29) is 13.2 Å². The summed E-state index contributed by atoms with van der Waals surface area (Å²) in [5.41, 5.74) is 0.492. The molecule has 0 spiro atoms. The van der Waals surface area contributed by atoms with Crippen molar-refractivity contribution in [1.29, 1.82) is 0 Å². The first-order valence-corrected chi connectivity index (χ1v) is 9.39. The lowest BCUT2D eigenvalue weighted by Crippen LogP contribution is -2.30. The monoisotopic (exact) mass is 409 g/mol. The van der Waals surface area contributed by atoms with Gasteiger partial charge in [0.2, 0.25) is 6.79 Å². The van der Waals surface area contributed by atoms with E-state index in [4.69, 9.17) is 14.2 Å². The second-order valence-corrected chi connectivity index (χ2v) is 7.03. The lowest BCUT2D eigenvalue weighted by molar-refractivity contribution is -0.152. The summed E-state index contributed by atoms with van der Waals surface area (Å²) in [7, 11) is 0. The summed E-state index contributed by atoms with van der Waals surface area (Å²) in [5.74, 6) is -1.50. The van der Waals surface area contributed by atoms with E-state index in [9.17, 15) is 18.4 Å².